The van der Waals surface area contributed by atoms with Crippen LogP contribution in [-0.2, 0) is 0 Å². The van der Waals surface area contributed by atoms with Gasteiger partial charge in [-0.1, -0.05) is 34.6 Å². The van der Waals surface area contributed by atoms with Gasteiger partial charge in [-0.25, -0.2) is 0 Å². The largest absolute Gasteiger partial charge is 0.395 e. The summed E-state index contributed by atoms with van der Waals surface area (Å²) in [7, 11) is 0. The van der Waals surface area contributed by atoms with Crippen molar-refractivity contribution < 1.29 is 5.11 Å². The predicted octanol–water partition coefficient (Wildman–Crippen LogP) is 1.45. The maximum atomic E-state index is 9.05. The molecule has 3 N–H and O–H groups in total. The van der Waals surface area contributed by atoms with Gasteiger partial charge in [0.25, 0.3) is 0 Å². The topological polar surface area (TPSA) is 49.5 Å². The quantitative estimate of drug-likeness (QED) is 0.706. The minimum absolute atomic E-state index is 0.153. The van der Waals surface area contributed by atoms with E-state index in [0.29, 0.717) is 12.6 Å². The molecule has 0 heterocycles. The summed E-state index contributed by atoms with van der Waals surface area (Å²) in [6.45, 7) is 12.7. The lowest BCUT2D eigenvalue weighted by Gasteiger charge is -2.43. The fraction of sp³-hybridized carbons (Fsp3) is 1.00. The molecule has 3 heteroatoms. The number of aliphatic hydroxyl groups excluding tert-OH is 1. The molecule has 0 saturated heterocycles. The van der Waals surface area contributed by atoms with E-state index in [4.69, 9.17) is 10.8 Å². The van der Waals surface area contributed by atoms with Crippen LogP contribution in [0.3, 0.4) is 0 Å². The molecule has 0 amide bonds. The molecule has 2 unspecified atom stereocenters. The zero-order valence-corrected chi connectivity index (χ0v) is 11.0. The lowest BCUT2D eigenvalue weighted by molar-refractivity contribution is 0.0648. The zero-order chi connectivity index (χ0) is 12.1. The molecule has 0 radical (unpaired) electrons. The SMILES string of the molecule is CCC(N)C(N(CC)CCO)C(C)(C)C. The Balaban J connectivity index is 4.73. The lowest BCUT2D eigenvalue weighted by atomic mass is 9.80. The van der Waals surface area contributed by atoms with E-state index in [1.165, 1.54) is 0 Å². The van der Waals surface area contributed by atoms with Crippen molar-refractivity contribution in [3.63, 3.8) is 0 Å². The molecule has 0 aromatic rings. The van der Waals surface area contributed by atoms with Crippen molar-refractivity contribution in [3.8, 4) is 0 Å². The van der Waals surface area contributed by atoms with Crippen LogP contribution in [0.2, 0.25) is 0 Å². The van der Waals surface area contributed by atoms with Gasteiger partial charge in [0.15, 0.2) is 0 Å². The van der Waals surface area contributed by atoms with Gasteiger partial charge in [-0.05, 0) is 18.4 Å². The molecule has 0 aromatic heterocycles. The van der Waals surface area contributed by atoms with E-state index in [-0.39, 0.29) is 18.1 Å². The number of rotatable bonds is 6. The van der Waals surface area contributed by atoms with E-state index < -0.39 is 0 Å². The average molecular weight is 216 g/mol. The minimum Gasteiger partial charge on any atom is -0.395 e. The van der Waals surface area contributed by atoms with Crippen LogP contribution in [0.1, 0.15) is 41.0 Å². The molecule has 0 fully saturated rings. The Bertz CT molecular complexity index is 165. The van der Waals surface area contributed by atoms with Crippen molar-refractivity contribution in [2.24, 2.45) is 11.1 Å². The first-order valence-electron chi connectivity index (χ1n) is 5.98. The van der Waals surface area contributed by atoms with Crippen molar-refractivity contribution in [1.82, 2.24) is 4.90 Å². The molecule has 2 atom stereocenters. The summed E-state index contributed by atoms with van der Waals surface area (Å²) in [4.78, 5) is 2.29. The van der Waals surface area contributed by atoms with Crippen LogP contribution in [0.5, 0.6) is 0 Å². The van der Waals surface area contributed by atoms with Gasteiger partial charge in [0, 0.05) is 18.6 Å². The van der Waals surface area contributed by atoms with Crippen molar-refractivity contribution in [2.45, 2.75) is 53.1 Å². The molecule has 0 rings (SSSR count). The second-order valence-electron chi connectivity index (χ2n) is 5.24. The van der Waals surface area contributed by atoms with E-state index in [2.05, 4.69) is 39.5 Å². The fourth-order valence-corrected chi connectivity index (χ4v) is 2.31. The molecule has 3 nitrogen and oxygen atoms in total. The van der Waals surface area contributed by atoms with Gasteiger partial charge in [-0.15, -0.1) is 0 Å². The third kappa shape index (κ3) is 4.49. The van der Waals surface area contributed by atoms with Crippen molar-refractivity contribution in [1.29, 1.82) is 0 Å². The molecule has 0 spiro atoms. The Morgan fingerprint density at radius 1 is 1.27 bits per heavy atom. The summed E-state index contributed by atoms with van der Waals surface area (Å²) >= 11 is 0. The van der Waals surface area contributed by atoms with Crippen LogP contribution >= 0.6 is 0 Å². The molecule has 0 bridgehead atoms. The van der Waals surface area contributed by atoms with Gasteiger partial charge >= 0.3 is 0 Å². The highest BCUT2D eigenvalue weighted by Crippen LogP contribution is 2.27. The first kappa shape index (κ1) is 14.9. The molecule has 0 saturated carbocycles. The second kappa shape index (κ2) is 6.46. The molecular weight excluding hydrogens is 188 g/mol. The summed E-state index contributed by atoms with van der Waals surface area (Å²) in [5.74, 6) is 0. The average Bonchev–Trinajstić information content (AvgIpc) is 2.14. The third-order valence-electron chi connectivity index (χ3n) is 2.95. The number of hydrogen-bond acceptors (Lipinski definition) is 3. The van der Waals surface area contributed by atoms with Gasteiger partial charge in [0.1, 0.15) is 0 Å². The standard InChI is InChI=1S/C12H28N2O/c1-6-10(13)11(12(3,4)5)14(7-2)8-9-15/h10-11,15H,6-9,13H2,1-5H3. The smallest absolute Gasteiger partial charge is 0.0558 e. The summed E-state index contributed by atoms with van der Waals surface area (Å²) in [5, 5.41) is 9.05. The highest BCUT2D eigenvalue weighted by molar-refractivity contribution is 4.90. The normalized spacial score (nSPS) is 16.8. The molecule has 0 aliphatic heterocycles. The first-order valence-corrected chi connectivity index (χ1v) is 5.98. The lowest BCUT2D eigenvalue weighted by Crippen LogP contribution is -2.55. The van der Waals surface area contributed by atoms with Crippen LogP contribution in [0.15, 0.2) is 0 Å². The van der Waals surface area contributed by atoms with Crippen molar-refractivity contribution in [2.75, 3.05) is 19.7 Å². The first-order chi connectivity index (χ1) is 6.88. The minimum atomic E-state index is 0.153. The highest BCUT2D eigenvalue weighted by atomic mass is 16.3. The third-order valence-corrected chi connectivity index (χ3v) is 2.95. The number of hydrogen-bond donors (Lipinski definition) is 2. The molecular formula is C12H28N2O. The number of nitrogens with zero attached hydrogens (tertiary/aromatic N) is 1. The van der Waals surface area contributed by atoms with Crippen LogP contribution < -0.4 is 5.73 Å². The molecule has 0 aliphatic carbocycles. The van der Waals surface area contributed by atoms with E-state index in [1.807, 2.05) is 0 Å². The van der Waals surface area contributed by atoms with E-state index >= 15 is 0 Å². The molecule has 92 valence electrons. The van der Waals surface area contributed by atoms with Crippen LogP contribution in [0, 0.1) is 5.41 Å². The second-order valence-corrected chi connectivity index (χ2v) is 5.24. The highest BCUT2D eigenvalue weighted by Gasteiger charge is 2.33. The van der Waals surface area contributed by atoms with Crippen molar-refractivity contribution in [3.05, 3.63) is 0 Å². The van der Waals surface area contributed by atoms with Gasteiger partial charge in [-0.2, -0.15) is 0 Å². The fourth-order valence-electron chi connectivity index (χ4n) is 2.31. The molecule has 0 aromatic carbocycles. The van der Waals surface area contributed by atoms with Gasteiger partial charge in [-0.3, -0.25) is 4.90 Å². The summed E-state index contributed by atoms with van der Waals surface area (Å²) in [6, 6.07) is 0.510. The number of aliphatic hydroxyl groups is 1. The van der Waals surface area contributed by atoms with Crippen LogP contribution in [-0.4, -0.2) is 41.8 Å². The Morgan fingerprint density at radius 2 is 1.80 bits per heavy atom. The van der Waals surface area contributed by atoms with Gasteiger partial charge in [0.05, 0.1) is 6.61 Å². The zero-order valence-electron chi connectivity index (χ0n) is 11.0. The van der Waals surface area contributed by atoms with Crippen LogP contribution in [0.4, 0.5) is 0 Å². The Morgan fingerprint density at radius 3 is 2.07 bits per heavy atom. The number of likely N-dealkylation sites (N-methyl/N-ethyl adjacent to an activating group) is 1. The van der Waals surface area contributed by atoms with Crippen molar-refractivity contribution >= 4 is 0 Å². The predicted molar refractivity (Wildman–Crippen MR) is 65.8 cm³/mol. The Labute approximate surface area is 94.6 Å². The Kier molecular flexibility index (Phi) is 6.41. The van der Waals surface area contributed by atoms with Crippen LogP contribution in [0.25, 0.3) is 0 Å². The summed E-state index contributed by atoms with van der Waals surface area (Å²) < 4.78 is 0. The number of nitrogens with two attached hydrogens (primary N) is 1. The van der Waals surface area contributed by atoms with Gasteiger partial charge < -0.3 is 10.8 Å². The summed E-state index contributed by atoms with van der Waals surface area (Å²) in [6.07, 6.45) is 0.976. The van der Waals surface area contributed by atoms with Gasteiger partial charge in [0.2, 0.25) is 0 Å². The van der Waals surface area contributed by atoms with E-state index in [0.717, 1.165) is 13.0 Å². The summed E-state index contributed by atoms with van der Waals surface area (Å²) in [5.41, 5.74) is 6.34. The molecule has 0 aliphatic rings. The Hall–Kier alpha value is -0.120. The maximum Gasteiger partial charge on any atom is 0.0558 e. The molecule has 15 heavy (non-hydrogen) atoms. The maximum absolute atomic E-state index is 9.05. The van der Waals surface area contributed by atoms with E-state index in [9.17, 15) is 0 Å². The van der Waals surface area contributed by atoms with E-state index in [1.54, 1.807) is 0 Å². The monoisotopic (exact) mass is 216 g/mol.